The van der Waals surface area contributed by atoms with Crippen molar-refractivity contribution in [1.29, 1.82) is 0 Å². The van der Waals surface area contributed by atoms with E-state index in [2.05, 4.69) is 36.5 Å². The largest absolute Gasteiger partial charge is 0.419 e. The van der Waals surface area contributed by atoms with Crippen molar-refractivity contribution in [1.82, 2.24) is 9.88 Å². The fraction of sp³-hybridized carbons (Fsp3) is 0.235. The van der Waals surface area contributed by atoms with Gasteiger partial charge in [-0.25, -0.2) is 4.79 Å². The van der Waals surface area contributed by atoms with E-state index >= 15 is 0 Å². The lowest BCUT2D eigenvalue weighted by atomic mass is 9.97. The lowest BCUT2D eigenvalue weighted by molar-refractivity contribution is 0.527. The van der Waals surface area contributed by atoms with Crippen LogP contribution in [0.25, 0.3) is 11.1 Å². The van der Waals surface area contributed by atoms with E-state index in [4.69, 9.17) is 4.42 Å². The van der Waals surface area contributed by atoms with Crippen molar-refractivity contribution in [3.8, 4) is 0 Å². The maximum absolute atomic E-state index is 11.6. The first kappa shape index (κ1) is 13.6. The molecule has 1 N–H and O–H groups in total. The quantitative estimate of drug-likeness (QED) is 0.803. The van der Waals surface area contributed by atoms with Gasteiger partial charge in [-0.05, 0) is 37.2 Å². The van der Waals surface area contributed by atoms with Crippen LogP contribution in [0.4, 0.5) is 0 Å². The molecule has 4 heteroatoms. The van der Waals surface area contributed by atoms with Crippen LogP contribution < -0.4 is 11.1 Å². The predicted molar refractivity (Wildman–Crippen MR) is 83.5 cm³/mol. The summed E-state index contributed by atoms with van der Waals surface area (Å²) in [7, 11) is 3.64. The van der Waals surface area contributed by atoms with E-state index < -0.39 is 0 Å². The first-order valence-electron chi connectivity index (χ1n) is 6.93. The molecule has 3 aromatic rings. The number of aryl methyl sites for hydroxylation is 2. The molecule has 0 bridgehead atoms. The van der Waals surface area contributed by atoms with Gasteiger partial charge in [-0.3, -0.25) is 4.57 Å². The summed E-state index contributed by atoms with van der Waals surface area (Å²) < 4.78 is 6.79. The predicted octanol–water partition coefficient (Wildman–Crippen LogP) is 2.75. The highest BCUT2D eigenvalue weighted by atomic mass is 16.4. The SMILES string of the molecule is CNC(c1cccc(C)c1)c1ccc2c(c1)oc(=O)n2C. The van der Waals surface area contributed by atoms with Gasteiger partial charge in [0, 0.05) is 7.05 Å². The van der Waals surface area contributed by atoms with E-state index in [-0.39, 0.29) is 11.8 Å². The number of hydrogen-bond acceptors (Lipinski definition) is 3. The molecule has 4 nitrogen and oxygen atoms in total. The van der Waals surface area contributed by atoms with Crippen molar-refractivity contribution in [2.45, 2.75) is 13.0 Å². The second-order valence-corrected chi connectivity index (χ2v) is 5.29. The topological polar surface area (TPSA) is 47.2 Å². The zero-order valence-corrected chi connectivity index (χ0v) is 12.4. The van der Waals surface area contributed by atoms with Gasteiger partial charge in [-0.1, -0.05) is 35.9 Å². The van der Waals surface area contributed by atoms with Crippen LogP contribution in [-0.2, 0) is 7.05 Å². The van der Waals surface area contributed by atoms with E-state index in [1.807, 2.05) is 25.2 Å². The van der Waals surface area contributed by atoms with Crippen LogP contribution in [0, 0.1) is 6.92 Å². The highest BCUT2D eigenvalue weighted by molar-refractivity contribution is 5.74. The number of nitrogens with zero attached hydrogens (tertiary/aromatic N) is 1. The van der Waals surface area contributed by atoms with E-state index in [0.29, 0.717) is 5.58 Å². The van der Waals surface area contributed by atoms with Gasteiger partial charge < -0.3 is 9.73 Å². The summed E-state index contributed by atoms with van der Waals surface area (Å²) in [6.45, 7) is 2.08. The van der Waals surface area contributed by atoms with Gasteiger partial charge in [0.15, 0.2) is 5.58 Å². The van der Waals surface area contributed by atoms with Crippen molar-refractivity contribution < 1.29 is 4.42 Å². The summed E-state index contributed by atoms with van der Waals surface area (Å²) in [6.07, 6.45) is 0. The van der Waals surface area contributed by atoms with Crippen LogP contribution in [0.3, 0.4) is 0 Å². The fourth-order valence-corrected chi connectivity index (χ4v) is 2.71. The normalized spacial score (nSPS) is 12.7. The Bertz CT molecular complexity index is 845. The maximum atomic E-state index is 11.6. The molecule has 108 valence electrons. The molecule has 3 rings (SSSR count). The Kier molecular flexibility index (Phi) is 3.39. The Labute approximate surface area is 123 Å². The van der Waals surface area contributed by atoms with Gasteiger partial charge >= 0.3 is 5.76 Å². The molecular weight excluding hydrogens is 264 g/mol. The molecule has 1 heterocycles. The molecule has 0 fully saturated rings. The Morgan fingerprint density at radius 1 is 1.14 bits per heavy atom. The van der Waals surface area contributed by atoms with Gasteiger partial charge in [-0.2, -0.15) is 0 Å². The Morgan fingerprint density at radius 2 is 1.90 bits per heavy atom. The van der Waals surface area contributed by atoms with E-state index in [0.717, 1.165) is 11.1 Å². The number of fused-ring (bicyclic) bond motifs is 1. The van der Waals surface area contributed by atoms with Crippen molar-refractivity contribution in [2.75, 3.05) is 7.05 Å². The van der Waals surface area contributed by atoms with Gasteiger partial charge in [0.05, 0.1) is 11.6 Å². The molecule has 0 saturated carbocycles. The van der Waals surface area contributed by atoms with Crippen LogP contribution in [0.1, 0.15) is 22.7 Å². The summed E-state index contributed by atoms with van der Waals surface area (Å²) in [5.41, 5.74) is 4.91. The van der Waals surface area contributed by atoms with Crippen LogP contribution in [-0.4, -0.2) is 11.6 Å². The summed E-state index contributed by atoms with van der Waals surface area (Å²) in [5.74, 6) is -0.335. The standard InChI is InChI=1S/C17H18N2O2/c1-11-5-4-6-12(9-11)16(18-2)13-7-8-14-15(10-13)21-17(20)19(14)3/h4-10,16,18H,1-3H3. The van der Waals surface area contributed by atoms with E-state index in [1.165, 1.54) is 15.7 Å². The third-order valence-corrected chi connectivity index (χ3v) is 3.81. The summed E-state index contributed by atoms with van der Waals surface area (Å²) in [6, 6.07) is 14.3. The molecule has 1 unspecified atom stereocenters. The Morgan fingerprint density at radius 3 is 2.62 bits per heavy atom. The van der Waals surface area contributed by atoms with E-state index in [9.17, 15) is 4.79 Å². The van der Waals surface area contributed by atoms with E-state index in [1.54, 1.807) is 7.05 Å². The lowest BCUT2D eigenvalue weighted by Crippen LogP contribution is -2.17. The van der Waals surface area contributed by atoms with Gasteiger partial charge in [0.1, 0.15) is 0 Å². The minimum Gasteiger partial charge on any atom is -0.408 e. The molecular formula is C17H18N2O2. The summed E-state index contributed by atoms with van der Waals surface area (Å²) >= 11 is 0. The van der Waals surface area contributed by atoms with Crippen molar-refractivity contribution in [3.63, 3.8) is 0 Å². The molecule has 21 heavy (non-hydrogen) atoms. The Balaban J connectivity index is 2.11. The van der Waals surface area contributed by atoms with Crippen LogP contribution in [0.5, 0.6) is 0 Å². The van der Waals surface area contributed by atoms with Gasteiger partial charge in [0.2, 0.25) is 0 Å². The molecule has 0 radical (unpaired) electrons. The van der Waals surface area contributed by atoms with Crippen molar-refractivity contribution in [2.24, 2.45) is 7.05 Å². The van der Waals surface area contributed by atoms with Crippen LogP contribution in [0.2, 0.25) is 0 Å². The lowest BCUT2D eigenvalue weighted by Gasteiger charge is -2.17. The minimum absolute atomic E-state index is 0.0693. The van der Waals surface area contributed by atoms with Gasteiger partial charge in [0.25, 0.3) is 0 Å². The second kappa shape index (κ2) is 5.22. The second-order valence-electron chi connectivity index (χ2n) is 5.29. The van der Waals surface area contributed by atoms with Crippen molar-refractivity contribution >= 4 is 11.1 Å². The monoisotopic (exact) mass is 282 g/mol. The van der Waals surface area contributed by atoms with Crippen LogP contribution >= 0.6 is 0 Å². The molecule has 0 aliphatic carbocycles. The first-order chi connectivity index (χ1) is 10.1. The van der Waals surface area contributed by atoms with Gasteiger partial charge in [-0.15, -0.1) is 0 Å². The zero-order valence-electron chi connectivity index (χ0n) is 12.4. The maximum Gasteiger partial charge on any atom is 0.419 e. The molecule has 0 aliphatic rings. The summed E-state index contributed by atoms with van der Waals surface area (Å²) in [5, 5.41) is 3.32. The highest BCUT2D eigenvalue weighted by Crippen LogP contribution is 2.25. The Hall–Kier alpha value is -2.33. The number of oxazole rings is 1. The average molecular weight is 282 g/mol. The number of rotatable bonds is 3. The highest BCUT2D eigenvalue weighted by Gasteiger charge is 2.14. The average Bonchev–Trinajstić information content (AvgIpc) is 2.75. The molecule has 0 spiro atoms. The minimum atomic E-state index is -0.335. The molecule has 2 aromatic carbocycles. The summed E-state index contributed by atoms with van der Waals surface area (Å²) in [4.78, 5) is 11.6. The van der Waals surface area contributed by atoms with Crippen molar-refractivity contribution in [3.05, 3.63) is 69.7 Å². The molecule has 1 aromatic heterocycles. The number of aromatic nitrogens is 1. The smallest absolute Gasteiger partial charge is 0.408 e. The number of hydrogen-bond donors (Lipinski definition) is 1. The van der Waals surface area contributed by atoms with Crippen LogP contribution in [0.15, 0.2) is 51.7 Å². The molecule has 0 saturated heterocycles. The number of benzene rings is 2. The molecule has 0 aliphatic heterocycles. The third kappa shape index (κ3) is 2.38. The molecule has 0 amide bonds. The number of nitrogens with one attached hydrogen (secondary N) is 1. The molecule has 1 atom stereocenters. The third-order valence-electron chi connectivity index (χ3n) is 3.81. The zero-order chi connectivity index (χ0) is 15.0. The first-order valence-corrected chi connectivity index (χ1v) is 6.93. The fourth-order valence-electron chi connectivity index (χ4n) is 2.71.